The van der Waals surface area contributed by atoms with E-state index in [9.17, 15) is 9.59 Å². The standard InChI is InChI=1S/C15H19N3O2/c19-14(11-4-1-5-11)17-13-7-3-9-18(15(13)20)12-6-2-8-16-10-12/h2,6,8,10-11,13H,1,3-5,7,9H2,(H,17,19). The number of nitrogens with one attached hydrogen (secondary N) is 1. The molecule has 1 saturated carbocycles. The van der Waals surface area contributed by atoms with Gasteiger partial charge < -0.3 is 10.2 Å². The smallest absolute Gasteiger partial charge is 0.249 e. The fourth-order valence-electron chi connectivity index (χ4n) is 2.74. The minimum atomic E-state index is -0.378. The number of carbonyl (C=O) groups excluding carboxylic acids is 2. The van der Waals surface area contributed by atoms with Gasteiger partial charge in [-0.05, 0) is 37.8 Å². The molecule has 0 spiro atoms. The summed E-state index contributed by atoms with van der Waals surface area (Å²) in [5, 5.41) is 2.92. The Morgan fingerprint density at radius 3 is 2.80 bits per heavy atom. The molecular weight excluding hydrogens is 254 g/mol. The van der Waals surface area contributed by atoms with Crippen LogP contribution >= 0.6 is 0 Å². The van der Waals surface area contributed by atoms with Crippen LogP contribution < -0.4 is 10.2 Å². The first kappa shape index (κ1) is 13.1. The second kappa shape index (κ2) is 5.61. The summed E-state index contributed by atoms with van der Waals surface area (Å²) in [6, 6.07) is 3.32. The molecule has 1 aromatic rings. The fraction of sp³-hybridized carbons (Fsp3) is 0.533. The SMILES string of the molecule is O=C(NC1CCCN(c2cccnc2)C1=O)C1CCC1. The van der Waals surface area contributed by atoms with Gasteiger partial charge in [-0.2, -0.15) is 0 Å². The third-order valence-electron chi connectivity index (χ3n) is 4.19. The molecule has 1 aliphatic carbocycles. The van der Waals surface area contributed by atoms with Crippen LogP contribution in [0.5, 0.6) is 0 Å². The molecule has 1 N–H and O–H groups in total. The van der Waals surface area contributed by atoms with Crippen LogP contribution in [0.25, 0.3) is 0 Å². The highest BCUT2D eigenvalue weighted by atomic mass is 16.2. The Balaban J connectivity index is 1.67. The number of piperidine rings is 1. The Morgan fingerprint density at radius 2 is 2.15 bits per heavy atom. The maximum absolute atomic E-state index is 12.5. The van der Waals surface area contributed by atoms with Gasteiger partial charge in [-0.15, -0.1) is 0 Å². The summed E-state index contributed by atoms with van der Waals surface area (Å²) in [6.07, 6.45) is 8.04. The van der Waals surface area contributed by atoms with Crippen LogP contribution in [0.4, 0.5) is 5.69 Å². The molecule has 5 nitrogen and oxygen atoms in total. The first-order valence-electron chi connectivity index (χ1n) is 7.27. The average molecular weight is 273 g/mol. The van der Waals surface area contributed by atoms with Crippen LogP contribution in [0.2, 0.25) is 0 Å². The van der Waals surface area contributed by atoms with Crippen molar-refractivity contribution < 1.29 is 9.59 Å². The molecule has 20 heavy (non-hydrogen) atoms. The number of rotatable bonds is 3. The van der Waals surface area contributed by atoms with Crippen molar-refractivity contribution in [3.8, 4) is 0 Å². The van der Waals surface area contributed by atoms with E-state index >= 15 is 0 Å². The molecule has 2 fully saturated rings. The van der Waals surface area contributed by atoms with Crippen LogP contribution in [0.3, 0.4) is 0 Å². The highest BCUT2D eigenvalue weighted by Gasteiger charge is 2.33. The number of pyridine rings is 1. The minimum Gasteiger partial charge on any atom is -0.344 e. The zero-order chi connectivity index (χ0) is 13.9. The van der Waals surface area contributed by atoms with Gasteiger partial charge in [0.2, 0.25) is 11.8 Å². The lowest BCUT2D eigenvalue weighted by molar-refractivity contribution is -0.132. The molecule has 3 rings (SSSR count). The van der Waals surface area contributed by atoms with E-state index in [1.165, 1.54) is 0 Å². The summed E-state index contributed by atoms with van der Waals surface area (Å²) < 4.78 is 0. The van der Waals surface area contributed by atoms with Gasteiger partial charge in [0.05, 0.1) is 11.9 Å². The van der Waals surface area contributed by atoms with Crippen LogP contribution in [0, 0.1) is 5.92 Å². The predicted molar refractivity (Wildman–Crippen MR) is 75.1 cm³/mol. The van der Waals surface area contributed by atoms with Crippen molar-refractivity contribution in [2.45, 2.75) is 38.1 Å². The van der Waals surface area contributed by atoms with E-state index in [4.69, 9.17) is 0 Å². The second-order valence-electron chi connectivity index (χ2n) is 5.53. The topological polar surface area (TPSA) is 62.3 Å². The summed E-state index contributed by atoms with van der Waals surface area (Å²) >= 11 is 0. The summed E-state index contributed by atoms with van der Waals surface area (Å²) in [4.78, 5) is 30.2. The summed E-state index contributed by atoms with van der Waals surface area (Å²) in [7, 11) is 0. The lowest BCUT2D eigenvalue weighted by Gasteiger charge is -2.34. The third kappa shape index (κ3) is 2.53. The minimum absolute atomic E-state index is 0.0167. The first-order valence-corrected chi connectivity index (χ1v) is 7.27. The summed E-state index contributed by atoms with van der Waals surface area (Å²) in [6.45, 7) is 0.695. The van der Waals surface area contributed by atoms with Gasteiger partial charge in [-0.3, -0.25) is 14.6 Å². The van der Waals surface area contributed by atoms with E-state index in [1.807, 2.05) is 12.1 Å². The molecule has 1 aliphatic heterocycles. The van der Waals surface area contributed by atoms with Crippen molar-refractivity contribution in [2.24, 2.45) is 5.92 Å². The monoisotopic (exact) mass is 273 g/mol. The maximum Gasteiger partial charge on any atom is 0.249 e. The highest BCUT2D eigenvalue weighted by Crippen LogP contribution is 2.27. The van der Waals surface area contributed by atoms with E-state index in [1.54, 1.807) is 17.3 Å². The first-order chi connectivity index (χ1) is 9.75. The van der Waals surface area contributed by atoms with Gasteiger partial charge in [-0.1, -0.05) is 6.42 Å². The maximum atomic E-state index is 12.5. The summed E-state index contributed by atoms with van der Waals surface area (Å²) in [5.74, 6) is 0.149. The van der Waals surface area contributed by atoms with Crippen LogP contribution in [-0.2, 0) is 9.59 Å². The molecule has 1 atom stereocenters. The molecule has 0 radical (unpaired) electrons. The molecule has 0 bridgehead atoms. The molecule has 0 aromatic carbocycles. The van der Waals surface area contributed by atoms with Gasteiger partial charge in [0.25, 0.3) is 0 Å². The normalized spacial score (nSPS) is 23.3. The Kier molecular flexibility index (Phi) is 3.67. The molecular formula is C15H19N3O2. The van der Waals surface area contributed by atoms with Crippen molar-refractivity contribution in [1.29, 1.82) is 0 Å². The zero-order valence-electron chi connectivity index (χ0n) is 11.4. The Labute approximate surface area is 118 Å². The van der Waals surface area contributed by atoms with Crippen LogP contribution in [0.15, 0.2) is 24.5 Å². The number of anilines is 1. The van der Waals surface area contributed by atoms with Gasteiger partial charge in [0.15, 0.2) is 0 Å². The lowest BCUT2D eigenvalue weighted by Crippen LogP contribution is -2.54. The van der Waals surface area contributed by atoms with Crippen molar-refractivity contribution in [1.82, 2.24) is 10.3 Å². The Bertz CT molecular complexity index is 499. The number of hydrogen-bond donors (Lipinski definition) is 1. The van der Waals surface area contributed by atoms with Gasteiger partial charge >= 0.3 is 0 Å². The van der Waals surface area contributed by atoms with Crippen molar-refractivity contribution in [2.75, 3.05) is 11.4 Å². The van der Waals surface area contributed by atoms with E-state index in [0.717, 1.165) is 37.8 Å². The number of amides is 2. The molecule has 5 heteroatoms. The van der Waals surface area contributed by atoms with E-state index in [-0.39, 0.29) is 23.8 Å². The van der Waals surface area contributed by atoms with Crippen LogP contribution in [0.1, 0.15) is 32.1 Å². The Hall–Kier alpha value is -1.91. The fourth-order valence-corrected chi connectivity index (χ4v) is 2.74. The second-order valence-corrected chi connectivity index (χ2v) is 5.53. The predicted octanol–water partition coefficient (Wildman–Crippen LogP) is 1.49. The highest BCUT2D eigenvalue weighted by molar-refractivity contribution is 6.00. The largest absolute Gasteiger partial charge is 0.344 e. The third-order valence-corrected chi connectivity index (χ3v) is 4.19. The number of nitrogens with zero attached hydrogens (tertiary/aromatic N) is 2. The van der Waals surface area contributed by atoms with E-state index in [2.05, 4.69) is 10.3 Å². The van der Waals surface area contributed by atoms with Crippen molar-refractivity contribution in [3.63, 3.8) is 0 Å². The van der Waals surface area contributed by atoms with Gasteiger partial charge in [-0.25, -0.2) is 0 Å². The summed E-state index contributed by atoms with van der Waals surface area (Å²) in [5.41, 5.74) is 0.806. The molecule has 106 valence electrons. The molecule has 2 amide bonds. The Morgan fingerprint density at radius 1 is 1.30 bits per heavy atom. The molecule has 2 heterocycles. The van der Waals surface area contributed by atoms with Crippen molar-refractivity contribution in [3.05, 3.63) is 24.5 Å². The molecule has 1 saturated heterocycles. The van der Waals surface area contributed by atoms with Gasteiger partial charge in [0.1, 0.15) is 6.04 Å². The van der Waals surface area contributed by atoms with E-state index < -0.39 is 0 Å². The molecule has 2 aliphatic rings. The quantitative estimate of drug-likeness (QED) is 0.907. The zero-order valence-corrected chi connectivity index (χ0v) is 11.4. The number of hydrogen-bond acceptors (Lipinski definition) is 3. The van der Waals surface area contributed by atoms with E-state index in [0.29, 0.717) is 6.54 Å². The number of carbonyl (C=O) groups is 2. The van der Waals surface area contributed by atoms with Gasteiger partial charge in [0, 0.05) is 18.7 Å². The number of aromatic nitrogens is 1. The van der Waals surface area contributed by atoms with Crippen molar-refractivity contribution >= 4 is 17.5 Å². The van der Waals surface area contributed by atoms with Crippen LogP contribution in [-0.4, -0.2) is 29.4 Å². The average Bonchev–Trinajstić information content (AvgIpc) is 2.40. The lowest BCUT2D eigenvalue weighted by atomic mass is 9.84. The molecule has 1 unspecified atom stereocenters. The molecule has 1 aromatic heterocycles.